The summed E-state index contributed by atoms with van der Waals surface area (Å²) in [4.78, 5) is 25.1. The third kappa shape index (κ3) is 4.81. The summed E-state index contributed by atoms with van der Waals surface area (Å²) in [6, 6.07) is 24.3. The molecule has 0 saturated carbocycles. The van der Waals surface area contributed by atoms with Gasteiger partial charge in [-0.2, -0.15) is 5.10 Å². The third-order valence-electron chi connectivity index (χ3n) is 5.27. The van der Waals surface area contributed by atoms with Crippen LogP contribution >= 0.6 is 15.9 Å². The zero-order chi connectivity index (χ0) is 22.7. The van der Waals surface area contributed by atoms with Gasteiger partial charge in [0.05, 0.1) is 17.7 Å². The SMILES string of the molecule is CC(C)C(=O)Oc1ccc(C2=NN(C(=O)c3ccc(Br)cc3)C(c3ccccc3)C2)cc1. The summed E-state index contributed by atoms with van der Waals surface area (Å²) in [7, 11) is 0. The molecule has 1 heterocycles. The molecule has 0 aromatic heterocycles. The van der Waals surface area contributed by atoms with Crippen molar-refractivity contribution in [3.63, 3.8) is 0 Å². The third-order valence-corrected chi connectivity index (χ3v) is 5.80. The fourth-order valence-electron chi connectivity index (χ4n) is 3.48. The molecule has 1 unspecified atom stereocenters. The highest BCUT2D eigenvalue weighted by molar-refractivity contribution is 9.10. The van der Waals surface area contributed by atoms with Gasteiger partial charge in [0.1, 0.15) is 5.75 Å². The van der Waals surface area contributed by atoms with Crippen molar-refractivity contribution in [1.82, 2.24) is 5.01 Å². The van der Waals surface area contributed by atoms with Gasteiger partial charge in [-0.1, -0.05) is 60.1 Å². The first-order valence-corrected chi connectivity index (χ1v) is 11.3. The Morgan fingerprint density at radius 3 is 2.25 bits per heavy atom. The van der Waals surface area contributed by atoms with Gasteiger partial charge in [0.25, 0.3) is 5.91 Å². The fourth-order valence-corrected chi connectivity index (χ4v) is 3.75. The lowest BCUT2D eigenvalue weighted by molar-refractivity contribution is -0.137. The quantitative estimate of drug-likeness (QED) is 0.325. The summed E-state index contributed by atoms with van der Waals surface area (Å²) in [6.45, 7) is 3.59. The van der Waals surface area contributed by atoms with Gasteiger partial charge in [0.2, 0.25) is 0 Å². The molecule has 4 rings (SSSR count). The van der Waals surface area contributed by atoms with Crippen molar-refractivity contribution in [2.24, 2.45) is 11.0 Å². The topological polar surface area (TPSA) is 59.0 Å². The normalized spacial score (nSPS) is 15.6. The van der Waals surface area contributed by atoms with E-state index in [4.69, 9.17) is 9.84 Å². The van der Waals surface area contributed by atoms with Gasteiger partial charge < -0.3 is 4.74 Å². The average molecular weight is 491 g/mol. The molecule has 1 aliphatic heterocycles. The number of esters is 1. The molecule has 1 amide bonds. The van der Waals surface area contributed by atoms with Gasteiger partial charge in [-0.05, 0) is 59.7 Å². The van der Waals surface area contributed by atoms with E-state index in [0.717, 1.165) is 21.3 Å². The van der Waals surface area contributed by atoms with E-state index in [1.165, 1.54) is 0 Å². The Morgan fingerprint density at radius 2 is 1.62 bits per heavy atom. The van der Waals surface area contributed by atoms with E-state index in [9.17, 15) is 9.59 Å². The summed E-state index contributed by atoms with van der Waals surface area (Å²) in [5.41, 5.74) is 3.31. The molecule has 0 spiro atoms. The van der Waals surface area contributed by atoms with Crippen LogP contribution in [0.25, 0.3) is 0 Å². The number of hydrogen-bond donors (Lipinski definition) is 0. The van der Waals surface area contributed by atoms with Crippen molar-refractivity contribution < 1.29 is 14.3 Å². The van der Waals surface area contributed by atoms with Gasteiger partial charge in [-0.25, -0.2) is 5.01 Å². The number of nitrogens with zero attached hydrogens (tertiary/aromatic N) is 2. The van der Waals surface area contributed by atoms with E-state index in [-0.39, 0.29) is 23.8 Å². The maximum Gasteiger partial charge on any atom is 0.313 e. The van der Waals surface area contributed by atoms with E-state index < -0.39 is 0 Å². The molecule has 0 N–H and O–H groups in total. The molecule has 1 atom stereocenters. The Labute approximate surface area is 195 Å². The minimum atomic E-state index is -0.272. The Hall–Kier alpha value is -3.25. The van der Waals surface area contributed by atoms with Crippen LogP contribution in [0.5, 0.6) is 5.75 Å². The summed E-state index contributed by atoms with van der Waals surface area (Å²) in [5, 5.41) is 6.28. The van der Waals surface area contributed by atoms with Gasteiger partial charge in [0.15, 0.2) is 0 Å². The molecule has 0 fully saturated rings. The van der Waals surface area contributed by atoms with Crippen LogP contribution in [0.3, 0.4) is 0 Å². The van der Waals surface area contributed by atoms with Crippen molar-refractivity contribution in [3.05, 3.63) is 100 Å². The van der Waals surface area contributed by atoms with E-state index in [1.54, 1.807) is 43.1 Å². The molecule has 1 aliphatic rings. The Balaban J connectivity index is 1.62. The van der Waals surface area contributed by atoms with Crippen LogP contribution < -0.4 is 4.74 Å². The van der Waals surface area contributed by atoms with E-state index in [2.05, 4.69) is 15.9 Å². The summed E-state index contributed by atoms with van der Waals surface area (Å²) in [5.74, 6) is -0.123. The lowest BCUT2D eigenvalue weighted by atomic mass is 9.98. The molecule has 0 aliphatic carbocycles. The molecule has 6 heteroatoms. The zero-order valence-electron chi connectivity index (χ0n) is 17.9. The number of carbonyl (C=O) groups is 2. The first-order valence-electron chi connectivity index (χ1n) is 10.5. The highest BCUT2D eigenvalue weighted by atomic mass is 79.9. The zero-order valence-corrected chi connectivity index (χ0v) is 19.5. The molecule has 3 aromatic rings. The highest BCUT2D eigenvalue weighted by Crippen LogP contribution is 2.34. The van der Waals surface area contributed by atoms with Crippen LogP contribution in [-0.4, -0.2) is 22.6 Å². The molecule has 0 saturated heterocycles. The average Bonchev–Trinajstić information content (AvgIpc) is 3.25. The molecule has 0 radical (unpaired) electrons. The lowest BCUT2D eigenvalue weighted by Crippen LogP contribution is -2.27. The van der Waals surface area contributed by atoms with Crippen LogP contribution in [0.2, 0.25) is 0 Å². The Kier molecular flexibility index (Phi) is 6.51. The number of rotatable bonds is 5. The van der Waals surface area contributed by atoms with Crippen LogP contribution in [0.4, 0.5) is 0 Å². The van der Waals surface area contributed by atoms with Crippen molar-refractivity contribution in [3.8, 4) is 5.75 Å². The number of hydrogen-bond acceptors (Lipinski definition) is 4. The molecule has 5 nitrogen and oxygen atoms in total. The predicted molar refractivity (Wildman–Crippen MR) is 128 cm³/mol. The second kappa shape index (κ2) is 9.49. The van der Waals surface area contributed by atoms with E-state index >= 15 is 0 Å². The minimum Gasteiger partial charge on any atom is -0.426 e. The standard InChI is InChI=1S/C26H23BrN2O3/c1-17(2)26(31)32-22-14-10-18(11-15-22)23-16-24(19-6-4-3-5-7-19)29(28-23)25(30)20-8-12-21(27)13-9-20/h3-15,17,24H,16H2,1-2H3. The highest BCUT2D eigenvalue weighted by Gasteiger charge is 2.33. The maximum absolute atomic E-state index is 13.3. The second-order valence-electron chi connectivity index (χ2n) is 7.93. The molecule has 162 valence electrons. The van der Waals surface area contributed by atoms with Crippen LogP contribution in [-0.2, 0) is 4.79 Å². The number of carbonyl (C=O) groups excluding carboxylic acids is 2. The summed E-state index contributed by atoms with van der Waals surface area (Å²) < 4.78 is 6.28. The summed E-state index contributed by atoms with van der Waals surface area (Å²) >= 11 is 3.41. The molecule has 3 aromatic carbocycles. The Morgan fingerprint density at radius 1 is 0.969 bits per heavy atom. The number of benzene rings is 3. The van der Waals surface area contributed by atoms with Gasteiger partial charge in [-0.15, -0.1) is 0 Å². The number of amides is 1. The second-order valence-corrected chi connectivity index (χ2v) is 8.85. The van der Waals surface area contributed by atoms with Crippen molar-refractivity contribution in [2.75, 3.05) is 0 Å². The monoisotopic (exact) mass is 490 g/mol. The largest absolute Gasteiger partial charge is 0.426 e. The Bertz CT molecular complexity index is 1140. The maximum atomic E-state index is 13.3. The first-order chi connectivity index (χ1) is 15.4. The van der Waals surface area contributed by atoms with Crippen molar-refractivity contribution in [1.29, 1.82) is 0 Å². The number of ether oxygens (including phenoxy) is 1. The van der Waals surface area contributed by atoms with Crippen molar-refractivity contribution in [2.45, 2.75) is 26.3 Å². The van der Waals surface area contributed by atoms with Gasteiger partial charge in [-0.3, -0.25) is 9.59 Å². The molecule has 0 bridgehead atoms. The smallest absolute Gasteiger partial charge is 0.313 e. The minimum absolute atomic E-state index is 0.149. The van der Waals surface area contributed by atoms with Crippen LogP contribution in [0.1, 0.15) is 47.8 Å². The molecular formula is C26H23BrN2O3. The molecular weight excluding hydrogens is 468 g/mol. The summed E-state index contributed by atoms with van der Waals surface area (Å²) in [6.07, 6.45) is 0.595. The van der Waals surface area contributed by atoms with E-state index in [0.29, 0.717) is 17.7 Å². The van der Waals surface area contributed by atoms with Crippen molar-refractivity contribution >= 4 is 33.5 Å². The number of hydrazone groups is 1. The number of halogens is 1. The van der Waals surface area contributed by atoms with Gasteiger partial charge >= 0.3 is 5.97 Å². The van der Waals surface area contributed by atoms with Crippen LogP contribution in [0, 0.1) is 5.92 Å². The first kappa shape index (κ1) is 22.0. The molecule has 32 heavy (non-hydrogen) atoms. The fraction of sp³-hybridized carbons (Fsp3) is 0.192. The predicted octanol–water partition coefficient (Wildman–Crippen LogP) is 6.00. The lowest BCUT2D eigenvalue weighted by Gasteiger charge is -2.22. The van der Waals surface area contributed by atoms with Gasteiger partial charge in [0, 0.05) is 16.5 Å². The van der Waals surface area contributed by atoms with E-state index in [1.807, 2.05) is 54.6 Å². The van der Waals surface area contributed by atoms with Crippen LogP contribution in [0.15, 0.2) is 88.4 Å².